The van der Waals surface area contributed by atoms with Crippen molar-refractivity contribution in [2.45, 2.75) is 24.4 Å². The van der Waals surface area contributed by atoms with Crippen molar-refractivity contribution in [3.63, 3.8) is 0 Å². The van der Waals surface area contributed by atoms with Gasteiger partial charge in [-0.3, -0.25) is 0 Å². The Morgan fingerprint density at radius 2 is 1.69 bits per heavy atom. The average molecular weight is 439 g/mol. The molecule has 0 fully saturated rings. The molecule has 0 aliphatic carbocycles. The molecule has 4 nitrogen and oxygen atoms in total. The summed E-state index contributed by atoms with van der Waals surface area (Å²) in [6.07, 6.45) is 0. The summed E-state index contributed by atoms with van der Waals surface area (Å²) in [5.41, 5.74) is 5.59. The van der Waals surface area contributed by atoms with Gasteiger partial charge in [-0.15, -0.1) is 0 Å². The average Bonchev–Trinajstić information content (AvgIpc) is 3.14. The normalized spacial score (nSPS) is 11.3. The number of hydrogen-bond acceptors (Lipinski definition) is 3. The second-order valence-corrected chi connectivity index (χ2v) is 8.80. The third-order valence-electron chi connectivity index (χ3n) is 5.68. The van der Waals surface area contributed by atoms with Crippen molar-refractivity contribution < 1.29 is 9.90 Å². The molecule has 0 atom stereocenters. The minimum Gasteiger partial charge on any atom is -0.478 e. The van der Waals surface area contributed by atoms with Gasteiger partial charge in [-0.2, -0.15) is 0 Å². The molecule has 4 aromatic carbocycles. The maximum absolute atomic E-state index is 11.6. The molecule has 32 heavy (non-hydrogen) atoms. The zero-order chi connectivity index (χ0) is 22.1. The second kappa shape index (κ2) is 8.52. The molecule has 0 unspecified atom stereocenters. The van der Waals surface area contributed by atoms with Crippen LogP contribution in [0.5, 0.6) is 0 Å². The molecule has 0 saturated carbocycles. The lowest BCUT2D eigenvalue weighted by atomic mass is 10.0. The molecular formula is C27H22N2O2S. The van der Waals surface area contributed by atoms with Crippen LogP contribution in [0.3, 0.4) is 0 Å². The highest BCUT2D eigenvalue weighted by Crippen LogP contribution is 2.30. The van der Waals surface area contributed by atoms with Crippen molar-refractivity contribution in [2.24, 2.45) is 0 Å². The summed E-state index contributed by atoms with van der Waals surface area (Å²) in [5.74, 6) is -0.360. The molecule has 0 saturated heterocycles. The molecule has 1 aromatic heterocycles. The number of thioether (sulfide) groups is 1. The van der Waals surface area contributed by atoms with Gasteiger partial charge in [0, 0.05) is 5.75 Å². The van der Waals surface area contributed by atoms with Gasteiger partial charge in [-0.25, -0.2) is 9.78 Å². The van der Waals surface area contributed by atoms with Crippen molar-refractivity contribution in [1.82, 2.24) is 9.55 Å². The topological polar surface area (TPSA) is 55.1 Å². The van der Waals surface area contributed by atoms with Gasteiger partial charge in [0.25, 0.3) is 0 Å². The molecule has 158 valence electrons. The summed E-state index contributed by atoms with van der Waals surface area (Å²) in [5, 5.41) is 12.9. The summed E-state index contributed by atoms with van der Waals surface area (Å²) in [7, 11) is 0. The number of carbonyl (C=O) groups is 1. The van der Waals surface area contributed by atoms with Gasteiger partial charge in [0.1, 0.15) is 0 Å². The Bertz CT molecular complexity index is 1450. The van der Waals surface area contributed by atoms with Crippen molar-refractivity contribution in [2.75, 3.05) is 0 Å². The Labute approximate surface area is 190 Å². The smallest absolute Gasteiger partial charge is 0.335 e. The number of nitrogens with zero attached hydrogens (tertiary/aromatic N) is 2. The Morgan fingerprint density at radius 1 is 0.938 bits per heavy atom. The molecule has 5 heteroatoms. The summed E-state index contributed by atoms with van der Waals surface area (Å²) >= 11 is 1.58. The maximum Gasteiger partial charge on any atom is 0.335 e. The highest BCUT2D eigenvalue weighted by Gasteiger charge is 2.15. The lowest BCUT2D eigenvalue weighted by molar-refractivity contribution is 0.0696. The Kier molecular flexibility index (Phi) is 5.41. The molecule has 5 rings (SSSR count). The van der Waals surface area contributed by atoms with Crippen LogP contribution in [-0.4, -0.2) is 20.6 Å². The van der Waals surface area contributed by atoms with Gasteiger partial charge in [0.05, 0.1) is 23.1 Å². The van der Waals surface area contributed by atoms with E-state index in [4.69, 9.17) is 4.98 Å². The van der Waals surface area contributed by atoms with E-state index in [1.54, 1.807) is 23.9 Å². The van der Waals surface area contributed by atoms with Gasteiger partial charge in [0.15, 0.2) is 5.16 Å². The quantitative estimate of drug-likeness (QED) is 0.306. The van der Waals surface area contributed by atoms with E-state index in [9.17, 15) is 9.90 Å². The highest BCUT2D eigenvalue weighted by molar-refractivity contribution is 7.98. The van der Waals surface area contributed by atoms with E-state index in [-0.39, 0.29) is 0 Å². The number of fused-ring (bicyclic) bond motifs is 2. The number of benzene rings is 4. The van der Waals surface area contributed by atoms with Crippen LogP contribution >= 0.6 is 11.8 Å². The Balaban J connectivity index is 1.56. The molecular weight excluding hydrogens is 416 g/mol. The number of carboxylic acid groups (broad SMARTS) is 1. The fourth-order valence-corrected chi connectivity index (χ4v) is 5.09. The zero-order valence-corrected chi connectivity index (χ0v) is 18.5. The van der Waals surface area contributed by atoms with Crippen LogP contribution in [0.2, 0.25) is 0 Å². The van der Waals surface area contributed by atoms with Crippen molar-refractivity contribution in [3.8, 4) is 0 Å². The van der Waals surface area contributed by atoms with Crippen LogP contribution < -0.4 is 0 Å². The minimum absolute atomic E-state index is 0.340. The van der Waals surface area contributed by atoms with Gasteiger partial charge in [0.2, 0.25) is 0 Å². The van der Waals surface area contributed by atoms with Crippen LogP contribution in [0.4, 0.5) is 0 Å². The number of imidazole rings is 1. The lowest BCUT2D eigenvalue weighted by Gasteiger charge is -2.12. The van der Waals surface area contributed by atoms with E-state index in [0.717, 1.165) is 21.8 Å². The molecule has 0 bridgehead atoms. The summed E-state index contributed by atoms with van der Waals surface area (Å²) in [4.78, 5) is 16.5. The second-order valence-electron chi connectivity index (χ2n) is 7.86. The van der Waals surface area contributed by atoms with Crippen LogP contribution in [0.25, 0.3) is 21.8 Å². The predicted octanol–water partition coefficient (Wildman–Crippen LogP) is 6.54. The van der Waals surface area contributed by atoms with Gasteiger partial charge in [-0.1, -0.05) is 78.5 Å². The number of rotatable bonds is 6. The molecule has 5 aromatic rings. The Morgan fingerprint density at radius 3 is 2.56 bits per heavy atom. The van der Waals surface area contributed by atoms with Gasteiger partial charge in [-0.05, 0) is 52.6 Å². The standard InChI is InChI=1S/C27H22N2O2S/c1-18-13-14-24-25(15-18)29(16-20-10-6-9-19-7-2-4-11-22(19)20)27(28-24)32-17-21-8-3-5-12-23(21)26(30)31/h2-15H,16-17H2,1H3,(H,30,31). The molecule has 0 spiro atoms. The first-order chi connectivity index (χ1) is 15.6. The number of carboxylic acids is 1. The van der Waals surface area contributed by atoms with Crippen LogP contribution in [0.1, 0.15) is 27.0 Å². The van der Waals surface area contributed by atoms with E-state index in [1.165, 1.54) is 21.9 Å². The van der Waals surface area contributed by atoms with E-state index in [1.807, 2.05) is 12.1 Å². The maximum atomic E-state index is 11.6. The molecule has 1 N–H and O–H groups in total. The monoisotopic (exact) mass is 438 g/mol. The summed E-state index contributed by atoms with van der Waals surface area (Å²) in [6.45, 7) is 2.79. The fourth-order valence-electron chi connectivity index (χ4n) is 4.07. The third kappa shape index (κ3) is 3.87. The first-order valence-corrected chi connectivity index (χ1v) is 11.5. The predicted molar refractivity (Wildman–Crippen MR) is 130 cm³/mol. The number of hydrogen-bond donors (Lipinski definition) is 1. The number of aryl methyl sites for hydroxylation is 1. The van der Waals surface area contributed by atoms with Gasteiger partial charge < -0.3 is 9.67 Å². The lowest BCUT2D eigenvalue weighted by Crippen LogP contribution is -2.04. The van der Waals surface area contributed by atoms with E-state index >= 15 is 0 Å². The first kappa shape index (κ1) is 20.3. The largest absolute Gasteiger partial charge is 0.478 e. The van der Waals surface area contributed by atoms with E-state index in [2.05, 4.69) is 72.2 Å². The molecule has 0 aliphatic rings. The Hall–Kier alpha value is -3.57. The van der Waals surface area contributed by atoms with E-state index in [0.29, 0.717) is 17.9 Å². The molecule has 0 amide bonds. The highest BCUT2D eigenvalue weighted by atomic mass is 32.2. The minimum atomic E-state index is -0.902. The van der Waals surface area contributed by atoms with Crippen LogP contribution in [0, 0.1) is 6.92 Å². The molecule has 0 radical (unpaired) electrons. The molecule has 1 heterocycles. The van der Waals surface area contributed by atoms with Crippen LogP contribution in [0.15, 0.2) is 90.1 Å². The summed E-state index contributed by atoms with van der Waals surface area (Å²) < 4.78 is 2.25. The van der Waals surface area contributed by atoms with Crippen molar-refractivity contribution in [1.29, 1.82) is 0 Å². The first-order valence-electron chi connectivity index (χ1n) is 10.5. The zero-order valence-electron chi connectivity index (χ0n) is 17.7. The van der Waals surface area contributed by atoms with Crippen LogP contribution in [-0.2, 0) is 12.3 Å². The number of aromatic carboxylic acids is 1. The van der Waals surface area contributed by atoms with Crippen molar-refractivity contribution in [3.05, 3.63) is 107 Å². The third-order valence-corrected chi connectivity index (χ3v) is 6.71. The van der Waals surface area contributed by atoms with Gasteiger partial charge >= 0.3 is 5.97 Å². The van der Waals surface area contributed by atoms with E-state index < -0.39 is 5.97 Å². The molecule has 0 aliphatic heterocycles. The number of aromatic nitrogens is 2. The van der Waals surface area contributed by atoms with Crippen molar-refractivity contribution >= 4 is 39.5 Å². The SMILES string of the molecule is Cc1ccc2nc(SCc3ccccc3C(=O)O)n(Cc3cccc4ccccc34)c2c1. The fraction of sp³-hybridized carbons (Fsp3) is 0.111. The summed E-state index contributed by atoms with van der Waals surface area (Å²) in [6, 6.07) is 28.3.